The van der Waals surface area contributed by atoms with E-state index >= 15 is 0 Å². The van der Waals surface area contributed by atoms with Crippen molar-refractivity contribution in [3.8, 4) is 11.3 Å². The van der Waals surface area contributed by atoms with Gasteiger partial charge in [-0.2, -0.15) is 13.2 Å². The van der Waals surface area contributed by atoms with Gasteiger partial charge in [-0.3, -0.25) is 4.39 Å². The van der Waals surface area contributed by atoms with Crippen molar-refractivity contribution in [1.29, 1.82) is 0 Å². The topological polar surface area (TPSA) is 12.9 Å². The zero-order valence-electron chi connectivity index (χ0n) is 9.68. The zero-order chi connectivity index (χ0) is 13.3. The van der Waals surface area contributed by atoms with Crippen molar-refractivity contribution >= 4 is 0 Å². The summed E-state index contributed by atoms with van der Waals surface area (Å²) in [5.74, 6) is -0.973. The fourth-order valence-electron chi connectivity index (χ4n) is 1.58. The molecule has 103 valence electrons. The first-order valence-electron chi connectivity index (χ1n) is 5.09. The maximum Gasteiger partial charge on any atom is 0.381 e. The minimum atomic E-state index is -4.64. The Balaban J connectivity index is 0.00000180. The van der Waals surface area contributed by atoms with Gasteiger partial charge < -0.3 is 4.98 Å². The number of pyridine rings is 1. The predicted molar refractivity (Wildman–Crippen MR) is 58.2 cm³/mol. The molecule has 0 aliphatic heterocycles. The molecular weight excluding hydrogens is 438 g/mol. The molecule has 0 unspecified atom stereocenters. The van der Waals surface area contributed by atoms with E-state index in [1.54, 1.807) is 13.0 Å². The van der Waals surface area contributed by atoms with E-state index in [1.165, 1.54) is 12.3 Å². The van der Waals surface area contributed by atoms with Gasteiger partial charge >= 0.3 is 6.18 Å². The van der Waals surface area contributed by atoms with Crippen LogP contribution in [0.15, 0.2) is 30.5 Å². The van der Waals surface area contributed by atoms with E-state index in [9.17, 15) is 17.6 Å². The molecule has 0 amide bonds. The van der Waals surface area contributed by atoms with Crippen LogP contribution in [0.5, 0.6) is 0 Å². The summed E-state index contributed by atoms with van der Waals surface area (Å²) >= 11 is 0. The molecule has 6 heteroatoms. The van der Waals surface area contributed by atoms with Crippen molar-refractivity contribution in [3.05, 3.63) is 53.5 Å². The largest absolute Gasteiger partial charge is 0.381 e. The van der Waals surface area contributed by atoms with Gasteiger partial charge in [0.25, 0.3) is 0 Å². The minimum absolute atomic E-state index is 0. The van der Waals surface area contributed by atoms with E-state index in [-0.39, 0.29) is 31.4 Å². The van der Waals surface area contributed by atoms with Gasteiger partial charge in [0, 0.05) is 32.1 Å². The van der Waals surface area contributed by atoms with Crippen LogP contribution < -0.4 is 0 Å². The van der Waals surface area contributed by atoms with E-state index in [2.05, 4.69) is 11.1 Å². The number of aryl methyl sites for hydroxylation is 1. The number of halogens is 4. The van der Waals surface area contributed by atoms with E-state index in [4.69, 9.17) is 0 Å². The minimum Gasteiger partial charge on any atom is -0.305 e. The van der Waals surface area contributed by atoms with Gasteiger partial charge in [0.05, 0.1) is 0 Å². The molecule has 0 saturated heterocycles. The second-order valence-electron chi connectivity index (χ2n) is 3.82. The molecule has 0 atom stereocenters. The molecule has 0 spiro atoms. The molecule has 1 aromatic heterocycles. The number of benzene rings is 1. The third-order valence-corrected chi connectivity index (χ3v) is 2.38. The fraction of sp³-hybridized carbons (Fsp3) is 0.154. The summed E-state index contributed by atoms with van der Waals surface area (Å²) in [5, 5.41) is 0. The van der Waals surface area contributed by atoms with Crippen molar-refractivity contribution in [2.45, 2.75) is 13.1 Å². The van der Waals surface area contributed by atoms with Crippen LogP contribution in [0.1, 0.15) is 11.1 Å². The third kappa shape index (κ3) is 3.61. The summed E-state index contributed by atoms with van der Waals surface area (Å²) < 4.78 is 51.3. The number of nitrogens with zero attached hydrogens (tertiary/aromatic N) is 1. The quantitative estimate of drug-likeness (QED) is 0.477. The average Bonchev–Trinajstić information content (AvgIpc) is 2.27. The third-order valence-electron chi connectivity index (χ3n) is 2.38. The average molecular weight is 446 g/mol. The Morgan fingerprint density at radius 2 is 1.89 bits per heavy atom. The molecular formula is C13H8F4IrN-. The van der Waals surface area contributed by atoms with E-state index in [0.29, 0.717) is 6.07 Å². The van der Waals surface area contributed by atoms with Crippen LogP contribution in [0, 0.1) is 18.8 Å². The van der Waals surface area contributed by atoms with Crippen LogP contribution in [0.25, 0.3) is 11.3 Å². The molecule has 0 aliphatic carbocycles. The number of alkyl halides is 3. The second kappa shape index (κ2) is 5.80. The van der Waals surface area contributed by atoms with Crippen molar-refractivity contribution in [3.63, 3.8) is 0 Å². The smallest absolute Gasteiger partial charge is 0.305 e. The summed E-state index contributed by atoms with van der Waals surface area (Å²) in [6.07, 6.45) is -3.23. The van der Waals surface area contributed by atoms with Gasteiger partial charge in [0.1, 0.15) is 0 Å². The maximum absolute atomic E-state index is 12.9. The molecule has 0 fully saturated rings. The van der Waals surface area contributed by atoms with Crippen molar-refractivity contribution < 1.29 is 37.7 Å². The second-order valence-corrected chi connectivity index (χ2v) is 3.82. The van der Waals surface area contributed by atoms with Gasteiger partial charge in [-0.15, -0.1) is 17.7 Å². The van der Waals surface area contributed by atoms with E-state index < -0.39 is 17.6 Å². The van der Waals surface area contributed by atoms with E-state index in [0.717, 1.165) is 11.6 Å². The molecule has 0 N–H and O–H groups in total. The molecule has 1 radical (unpaired) electrons. The van der Waals surface area contributed by atoms with Gasteiger partial charge in [-0.1, -0.05) is 17.7 Å². The Morgan fingerprint density at radius 3 is 2.47 bits per heavy atom. The van der Waals surface area contributed by atoms with Crippen LogP contribution in [0.2, 0.25) is 0 Å². The summed E-state index contributed by atoms with van der Waals surface area (Å²) in [6, 6.07) is 6.79. The number of hydrogen-bond acceptors (Lipinski definition) is 1. The summed E-state index contributed by atoms with van der Waals surface area (Å²) in [5.41, 5.74) is -0.415. The zero-order valence-corrected chi connectivity index (χ0v) is 12.1. The molecule has 1 heterocycles. The maximum atomic E-state index is 12.9. The molecule has 2 rings (SSSR count). The summed E-state index contributed by atoms with van der Waals surface area (Å²) in [6.45, 7) is 1.74. The number of aromatic nitrogens is 1. The number of hydrogen-bond donors (Lipinski definition) is 0. The Kier molecular flexibility index (Phi) is 4.82. The predicted octanol–water partition coefficient (Wildman–Crippen LogP) is 4.01. The van der Waals surface area contributed by atoms with E-state index in [1.807, 2.05) is 0 Å². The Labute approximate surface area is 121 Å². The Hall–Kier alpha value is -1.26. The molecule has 1 nitrogen and oxygen atoms in total. The molecule has 0 aliphatic rings. The van der Waals surface area contributed by atoms with Crippen LogP contribution in [-0.2, 0) is 26.3 Å². The molecule has 0 saturated carbocycles. The molecule has 19 heavy (non-hydrogen) atoms. The first kappa shape index (κ1) is 15.8. The Bertz CT molecular complexity index is 581. The van der Waals surface area contributed by atoms with Crippen LogP contribution >= 0.6 is 0 Å². The van der Waals surface area contributed by atoms with Crippen molar-refractivity contribution in [2.75, 3.05) is 0 Å². The van der Waals surface area contributed by atoms with Gasteiger partial charge in [0.2, 0.25) is 0 Å². The van der Waals surface area contributed by atoms with Crippen molar-refractivity contribution in [2.24, 2.45) is 0 Å². The van der Waals surface area contributed by atoms with Crippen molar-refractivity contribution in [1.82, 2.24) is 4.98 Å². The molecule has 0 bridgehead atoms. The van der Waals surface area contributed by atoms with Crippen LogP contribution in [0.4, 0.5) is 17.6 Å². The van der Waals surface area contributed by atoms with Gasteiger partial charge in [0.15, 0.2) is 0 Å². The first-order valence-corrected chi connectivity index (χ1v) is 5.09. The number of rotatable bonds is 1. The normalized spacial score (nSPS) is 11.0. The standard InChI is InChI=1S/C13H8F4N.Ir/c1-8-4-5-18-12(6-8)10-3-2-9(14)7-11(10)13(15,16)17;/h2,4-7H,1H3;/q-1;. The van der Waals surface area contributed by atoms with Gasteiger partial charge in [-0.25, -0.2) is 0 Å². The monoisotopic (exact) mass is 447 g/mol. The summed E-state index contributed by atoms with van der Waals surface area (Å²) in [7, 11) is 0. The van der Waals surface area contributed by atoms with Crippen LogP contribution in [0.3, 0.4) is 0 Å². The molecule has 2 aromatic rings. The Morgan fingerprint density at radius 1 is 1.21 bits per heavy atom. The van der Waals surface area contributed by atoms with Gasteiger partial charge in [-0.05, 0) is 24.2 Å². The SMILES string of the molecule is Cc1ccnc(-c2[c-]cc(F)cc2C(F)(F)F)c1.[Ir]. The summed E-state index contributed by atoms with van der Waals surface area (Å²) in [4.78, 5) is 3.86. The van der Waals surface area contributed by atoms with Crippen LogP contribution in [-0.4, -0.2) is 4.98 Å². The molecule has 1 aromatic carbocycles. The first-order chi connectivity index (χ1) is 8.38. The fourth-order valence-corrected chi connectivity index (χ4v) is 1.58.